The highest BCUT2D eigenvalue weighted by Gasteiger charge is 2.09. The van der Waals surface area contributed by atoms with Crippen molar-refractivity contribution < 1.29 is 4.79 Å². The average molecular weight is 230 g/mol. The summed E-state index contributed by atoms with van der Waals surface area (Å²) in [6.45, 7) is 7.96. The highest BCUT2D eigenvalue weighted by Crippen LogP contribution is 2.26. The maximum Gasteiger partial charge on any atom is 0.221 e. The molecule has 1 amide bonds. The quantitative estimate of drug-likeness (QED) is 0.841. The van der Waals surface area contributed by atoms with Crippen molar-refractivity contribution in [2.45, 2.75) is 33.7 Å². The third-order valence-corrected chi connectivity index (χ3v) is 2.87. The summed E-state index contributed by atoms with van der Waals surface area (Å²) in [5.74, 6) is -0.0382. The number of aromatic nitrogens is 1. The van der Waals surface area contributed by atoms with Gasteiger partial charge in [0.05, 0.1) is 5.52 Å². The van der Waals surface area contributed by atoms with Crippen molar-refractivity contribution in [2.24, 2.45) is 0 Å². The zero-order valence-corrected chi connectivity index (χ0v) is 10.7. The fourth-order valence-electron chi connectivity index (χ4n) is 2.33. The van der Waals surface area contributed by atoms with E-state index >= 15 is 0 Å². The molecule has 3 heteroatoms. The summed E-state index contributed by atoms with van der Waals surface area (Å²) in [7, 11) is 0. The first-order valence-corrected chi connectivity index (χ1v) is 5.88. The number of anilines is 1. The Morgan fingerprint density at radius 2 is 2.00 bits per heavy atom. The summed E-state index contributed by atoms with van der Waals surface area (Å²) in [6, 6.07) is 8.61. The van der Waals surface area contributed by atoms with Crippen LogP contribution in [0, 0.1) is 6.92 Å². The molecule has 0 spiro atoms. The molecule has 90 valence electrons. The van der Waals surface area contributed by atoms with Crippen LogP contribution in [-0.4, -0.2) is 10.5 Å². The summed E-state index contributed by atoms with van der Waals surface area (Å²) in [5.41, 5.74) is 3.27. The van der Waals surface area contributed by atoms with Crippen molar-refractivity contribution in [3.05, 3.63) is 30.0 Å². The van der Waals surface area contributed by atoms with Gasteiger partial charge in [0.25, 0.3) is 0 Å². The van der Waals surface area contributed by atoms with Crippen molar-refractivity contribution >= 4 is 22.5 Å². The number of nitrogens with zero attached hydrogens (tertiary/aromatic N) is 1. The second-order valence-corrected chi connectivity index (χ2v) is 4.70. The molecule has 0 saturated heterocycles. The van der Waals surface area contributed by atoms with Crippen LogP contribution in [0.5, 0.6) is 0 Å². The highest BCUT2D eigenvalue weighted by atomic mass is 16.1. The van der Waals surface area contributed by atoms with E-state index in [4.69, 9.17) is 0 Å². The maximum atomic E-state index is 11.1. The first kappa shape index (κ1) is 11.7. The third-order valence-electron chi connectivity index (χ3n) is 2.87. The smallest absolute Gasteiger partial charge is 0.221 e. The minimum Gasteiger partial charge on any atom is -0.342 e. The lowest BCUT2D eigenvalue weighted by Gasteiger charge is -2.13. The number of hydrogen-bond acceptors (Lipinski definition) is 1. The number of carbonyl (C=O) groups excluding carboxylic acids is 1. The van der Waals surface area contributed by atoms with E-state index in [0.717, 1.165) is 5.69 Å². The minimum absolute atomic E-state index is 0.0382. The molecule has 1 heterocycles. The second kappa shape index (κ2) is 4.24. The Balaban J connectivity index is 2.58. The molecule has 1 aromatic heterocycles. The van der Waals surface area contributed by atoms with E-state index in [9.17, 15) is 4.79 Å². The van der Waals surface area contributed by atoms with E-state index in [1.54, 1.807) is 0 Å². The topological polar surface area (TPSA) is 34.0 Å². The number of amides is 1. The number of benzene rings is 1. The Bertz CT molecular complexity index is 567. The van der Waals surface area contributed by atoms with E-state index < -0.39 is 0 Å². The lowest BCUT2D eigenvalue weighted by Crippen LogP contribution is -2.06. The van der Waals surface area contributed by atoms with Gasteiger partial charge in [-0.3, -0.25) is 4.79 Å². The normalized spacial score (nSPS) is 11.1. The number of nitrogens with one attached hydrogen (secondary N) is 1. The van der Waals surface area contributed by atoms with Crippen LogP contribution in [-0.2, 0) is 4.79 Å². The van der Waals surface area contributed by atoms with Gasteiger partial charge in [0, 0.05) is 29.7 Å². The molecular weight excluding hydrogens is 212 g/mol. The molecule has 0 aliphatic rings. The molecule has 1 aromatic carbocycles. The first-order valence-electron chi connectivity index (χ1n) is 5.88. The summed E-state index contributed by atoms with van der Waals surface area (Å²) >= 11 is 0. The molecule has 17 heavy (non-hydrogen) atoms. The van der Waals surface area contributed by atoms with Gasteiger partial charge in [-0.1, -0.05) is 6.07 Å². The predicted molar refractivity (Wildman–Crippen MR) is 71.4 cm³/mol. The molecule has 3 nitrogen and oxygen atoms in total. The van der Waals surface area contributed by atoms with Crippen molar-refractivity contribution in [2.75, 3.05) is 5.32 Å². The van der Waals surface area contributed by atoms with Gasteiger partial charge >= 0.3 is 0 Å². The van der Waals surface area contributed by atoms with Gasteiger partial charge in [0.2, 0.25) is 5.91 Å². The molecule has 0 bridgehead atoms. The van der Waals surface area contributed by atoms with E-state index in [0.29, 0.717) is 6.04 Å². The fourth-order valence-corrected chi connectivity index (χ4v) is 2.33. The zero-order chi connectivity index (χ0) is 12.6. The number of rotatable bonds is 2. The van der Waals surface area contributed by atoms with Gasteiger partial charge in [-0.2, -0.15) is 0 Å². The minimum atomic E-state index is -0.0382. The number of carbonyl (C=O) groups is 1. The third kappa shape index (κ3) is 2.18. The zero-order valence-electron chi connectivity index (χ0n) is 10.7. The van der Waals surface area contributed by atoms with Gasteiger partial charge in [-0.25, -0.2) is 0 Å². The predicted octanol–water partition coefficient (Wildman–Crippen LogP) is 3.49. The maximum absolute atomic E-state index is 11.1. The fraction of sp³-hybridized carbons (Fsp3) is 0.357. The summed E-state index contributed by atoms with van der Waals surface area (Å²) in [6.07, 6.45) is 0. The van der Waals surface area contributed by atoms with E-state index in [1.807, 2.05) is 18.2 Å². The molecule has 1 N–H and O–H groups in total. The average Bonchev–Trinajstić information content (AvgIpc) is 2.52. The molecule has 0 radical (unpaired) electrons. The van der Waals surface area contributed by atoms with Crippen LogP contribution in [0.3, 0.4) is 0 Å². The van der Waals surface area contributed by atoms with Crippen LogP contribution in [0.25, 0.3) is 10.9 Å². The van der Waals surface area contributed by atoms with E-state index in [2.05, 4.69) is 36.7 Å². The first-order chi connectivity index (χ1) is 7.99. The standard InChI is InChI=1S/C14H18N2O/c1-9(2)16-10(3)7-12-5-6-13(8-14(12)16)15-11(4)17/h5-9H,1-4H3,(H,15,17). The van der Waals surface area contributed by atoms with Crippen molar-refractivity contribution in [1.82, 2.24) is 4.57 Å². The molecule has 0 unspecified atom stereocenters. The Morgan fingerprint density at radius 1 is 1.29 bits per heavy atom. The number of aryl methyl sites for hydroxylation is 1. The summed E-state index contributed by atoms with van der Waals surface area (Å²) < 4.78 is 2.28. The van der Waals surface area contributed by atoms with Gasteiger partial charge in [0.1, 0.15) is 0 Å². The van der Waals surface area contributed by atoms with Crippen LogP contribution < -0.4 is 5.32 Å². The summed E-state index contributed by atoms with van der Waals surface area (Å²) in [5, 5.41) is 4.03. The lowest BCUT2D eigenvalue weighted by atomic mass is 10.2. The highest BCUT2D eigenvalue weighted by molar-refractivity contribution is 5.92. The molecule has 0 saturated carbocycles. The molecular formula is C14H18N2O. The monoisotopic (exact) mass is 230 g/mol. The lowest BCUT2D eigenvalue weighted by molar-refractivity contribution is -0.114. The molecule has 0 aliphatic heterocycles. The molecule has 2 rings (SSSR count). The Kier molecular flexibility index (Phi) is 2.92. The number of hydrogen-bond donors (Lipinski definition) is 1. The Hall–Kier alpha value is -1.77. The van der Waals surface area contributed by atoms with Gasteiger partial charge in [0.15, 0.2) is 0 Å². The van der Waals surface area contributed by atoms with Crippen molar-refractivity contribution in [3.8, 4) is 0 Å². The van der Waals surface area contributed by atoms with Crippen molar-refractivity contribution in [1.29, 1.82) is 0 Å². The molecule has 0 atom stereocenters. The van der Waals surface area contributed by atoms with Gasteiger partial charge < -0.3 is 9.88 Å². The van der Waals surface area contributed by atoms with Gasteiger partial charge in [-0.05, 0) is 39.0 Å². The van der Waals surface area contributed by atoms with Crippen LogP contribution >= 0.6 is 0 Å². The summed E-state index contributed by atoms with van der Waals surface area (Å²) in [4.78, 5) is 11.1. The van der Waals surface area contributed by atoms with Crippen LogP contribution in [0.4, 0.5) is 5.69 Å². The van der Waals surface area contributed by atoms with Crippen molar-refractivity contribution in [3.63, 3.8) is 0 Å². The molecule has 2 aromatic rings. The van der Waals surface area contributed by atoms with Crippen LogP contribution in [0.1, 0.15) is 32.5 Å². The van der Waals surface area contributed by atoms with Crippen LogP contribution in [0.15, 0.2) is 24.3 Å². The Labute approximate surface area is 101 Å². The molecule has 0 aliphatic carbocycles. The molecule has 0 fully saturated rings. The SMILES string of the molecule is CC(=O)Nc1ccc2cc(C)n(C(C)C)c2c1. The number of fused-ring (bicyclic) bond motifs is 1. The Morgan fingerprint density at radius 3 is 2.59 bits per heavy atom. The van der Waals surface area contributed by atoms with E-state index in [1.165, 1.54) is 23.5 Å². The van der Waals surface area contributed by atoms with E-state index in [-0.39, 0.29) is 5.91 Å². The largest absolute Gasteiger partial charge is 0.342 e. The van der Waals surface area contributed by atoms with Gasteiger partial charge in [-0.15, -0.1) is 0 Å². The second-order valence-electron chi connectivity index (χ2n) is 4.70. The van der Waals surface area contributed by atoms with Crippen LogP contribution in [0.2, 0.25) is 0 Å².